The maximum absolute atomic E-state index is 10.8. The summed E-state index contributed by atoms with van der Waals surface area (Å²) in [4.78, 5) is 10.8. The summed E-state index contributed by atoms with van der Waals surface area (Å²) in [5, 5.41) is 2.64. The normalized spacial score (nSPS) is 11.1. The van der Waals surface area contributed by atoms with Crippen molar-refractivity contribution in [1.29, 1.82) is 0 Å². The average molecular weight is 236 g/mol. The second kappa shape index (κ2) is 5.08. The lowest BCUT2D eigenvalue weighted by Crippen LogP contribution is -2.39. The lowest BCUT2D eigenvalue weighted by atomic mass is 9.83. The number of urea groups is 1. The predicted octanol–water partition coefficient (Wildman–Crippen LogP) is 1.95. The van der Waals surface area contributed by atoms with Gasteiger partial charge in [0.25, 0.3) is 0 Å². The molecule has 1 rings (SSSR count). The first-order chi connectivity index (χ1) is 7.86. The van der Waals surface area contributed by atoms with E-state index in [2.05, 4.69) is 11.4 Å². The van der Waals surface area contributed by atoms with E-state index in [0.717, 1.165) is 16.9 Å². The summed E-state index contributed by atoms with van der Waals surface area (Å²) < 4.78 is 5.35. The topological polar surface area (TPSA) is 64.3 Å². The molecule has 1 aromatic carbocycles. The van der Waals surface area contributed by atoms with Crippen molar-refractivity contribution in [2.45, 2.75) is 26.2 Å². The molecule has 0 aliphatic heterocycles. The van der Waals surface area contributed by atoms with Gasteiger partial charge in [0, 0.05) is 17.5 Å². The van der Waals surface area contributed by atoms with Crippen LogP contribution in [0.15, 0.2) is 18.2 Å². The van der Waals surface area contributed by atoms with Gasteiger partial charge in [-0.25, -0.2) is 4.79 Å². The number of hydrogen-bond acceptors (Lipinski definition) is 2. The molecule has 0 aliphatic rings. The minimum Gasteiger partial charge on any atom is -0.496 e. The number of rotatable bonds is 4. The fraction of sp³-hybridized carbons (Fsp3) is 0.462. The monoisotopic (exact) mass is 236 g/mol. The van der Waals surface area contributed by atoms with Gasteiger partial charge in [-0.15, -0.1) is 0 Å². The molecule has 94 valence electrons. The zero-order valence-corrected chi connectivity index (χ0v) is 10.8. The molecule has 17 heavy (non-hydrogen) atoms. The highest BCUT2D eigenvalue weighted by Crippen LogP contribution is 2.31. The third-order valence-electron chi connectivity index (χ3n) is 2.79. The van der Waals surface area contributed by atoms with Crippen molar-refractivity contribution in [1.82, 2.24) is 5.32 Å². The summed E-state index contributed by atoms with van der Waals surface area (Å²) in [7, 11) is 1.64. The van der Waals surface area contributed by atoms with Crippen LogP contribution >= 0.6 is 0 Å². The Labute approximate surface area is 102 Å². The minimum absolute atomic E-state index is 0.230. The van der Waals surface area contributed by atoms with Gasteiger partial charge in [0.2, 0.25) is 0 Å². The zero-order valence-electron chi connectivity index (χ0n) is 10.8. The number of primary amides is 1. The lowest BCUT2D eigenvalue weighted by Gasteiger charge is -2.27. The molecule has 0 spiro atoms. The van der Waals surface area contributed by atoms with Crippen molar-refractivity contribution >= 4 is 6.03 Å². The third-order valence-corrected chi connectivity index (χ3v) is 2.79. The van der Waals surface area contributed by atoms with Crippen molar-refractivity contribution in [2.24, 2.45) is 5.73 Å². The highest BCUT2D eigenvalue weighted by atomic mass is 16.5. The van der Waals surface area contributed by atoms with E-state index in [4.69, 9.17) is 10.5 Å². The van der Waals surface area contributed by atoms with Gasteiger partial charge >= 0.3 is 6.03 Å². The second-order valence-corrected chi connectivity index (χ2v) is 4.81. The van der Waals surface area contributed by atoms with Crippen LogP contribution < -0.4 is 15.8 Å². The Morgan fingerprint density at radius 3 is 2.65 bits per heavy atom. The molecule has 4 heteroatoms. The molecule has 0 heterocycles. The molecule has 1 aromatic rings. The van der Waals surface area contributed by atoms with Crippen LogP contribution in [0.3, 0.4) is 0 Å². The van der Waals surface area contributed by atoms with Crippen LogP contribution in [-0.2, 0) is 5.41 Å². The van der Waals surface area contributed by atoms with Crippen molar-refractivity contribution in [3.63, 3.8) is 0 Å². The summed E-state index contributed by atoms with van der Waals surface area (Å²) in [5.74, 6) is 0.826. The van der Waals surface area contributed by atoms with Crippen molar-refractivity contribution < 1.29 is 9.53 Å². The summed E-state index contributed by atoms with van der Waals surface area (Å²) in [6.45, 7) is 6.59. The molecule has 3 N–H and O–H groups in total. The fourth-order valence-corrected chi connectivity index (χ4v) is 1.75. The average Bonchev–Trinajstić information content (AvgIpc) is 2.26. The number of amides is 2. The standard InChI is InChI=1S/C13H20N2O2/c1-9-5-6-11(17-4)10(7-9)13(2,3)8-15-12(14)16/h5-7H,8H2,1-4H3,(H3,14,15,16). The first-order valence-corrected chi connectivity index (χ1v) is 5.55. The first kappa shape index (κ1) is 13.4. The number of aryl methyl sites for hydroxylation is 1. The van der Waals surface area contributed by atoms with Crippen molar-refractivity contribution in [3.8, 4) is 5.75 Å². The van der Waals surface area contributed by atoms with Gasteiger partial charge in [0.1, 0.15) is 5.75 Å². The number of benzene rings is 1. The highest BCUT2D eigenvalue weighted by molar-refractivity contribution is 5.71. The Balaban J connectivity index is 3.03. The van der Waals surface area contributed by atoms with Crippen LogP contribution in [0.2, 0.25) is 0 Å². The van der Waals surface area contributed by atoms with E-state index in [9.17, 15) is 4.79 Å². The Hall–Kier alpha value is -1.71. The van der Waals surface area contributed by atoms with Gasteiger partial charge < -0.3 is 15.8 Å². The Morgan fingerprint density at radius 2 is 2.12 bits per heavy atom. The van der Waals surface area contributed by atoms with Gasteiger partial charge in [-0.2, -0.15) is 0 Å². The summed E-state index contributed by atoms with van der Waals surface area (Å²) in [5.41, 5.74) is 7.09. The van der Waals surface area contributed by atoms with Crippen molar-refractivity contribution in [3.05, 3.63) is 29.3 Å². The van der Waals surface area contributed by atoms with Gasteiger partial charge in [0.15, 0.2) is 0 Å². The fourth-order valence-electron chi connectivity index (χ4n) is 1.75. The summed E-state index contributed by atoms with van der Waals surface area (Å²) in [6, 6.07) is 5.50. The second-order valence-electron chi connectivity index (χ2n) is 4.81. The van der Waals surface area contributed by atoms with Crippen molar-refractivity contribution in [2.75, 3.05) is 13.7 Å². The number of carbonyl (C=O) groups excluding carboxylic acids is 1. The first-order valence-electron chi connectivity index (χ1n) is 5.55. The number of carbonyl (C=O) groups is 1. The SMILES string of the molecule is COc1ccc(C)cc1C(C)(C)CNC(N)=O. The molecular formula is C13H20N2O2. The Kier molecular flexibility index (Phi) is 3.99. The van der Waals surface area contributed by atoms with E-state index >= 15 is 0 Å². The van der Waals surface area contributed by atoms with E-state index in [1.54, 1.807) is 7.11 Å². The molecule has 0 atom stereocenters. The number of nitrogens with one attached hydrogen (secondary N) is 1. The third kappa shape index (κ3) is 3.37. The molecule has 0 aromatic heterocycles. The van der Waals surface area contributed by atoms with Crippen LogP contribution in [0, 0.1) is 6.92 Å². The van der Waals surface area contributed by atoms with Crippen LogP contribution in [0.1, 0.15) is 25.0 Å². The minimum atomic E-state index is -0.510. The van der Waals surface area contributed by atoms with Gasteiger partial charge in [-0.05, 0) is 13.0 Å². The molecule has 4 nitrogen and oxygen atoms in total. The molecule has 0 fully saturated rings. The quantitative estimate of drug-likeness (QED) is 0.839. The maximum Gasteiger partial charge on any atom is 0.312 e. The van der Waals surface area contributed by atoms with Crippen LogP contribution in [-0.4, -0.2) is 19.7 Å². The summed E-state index contributed by atoms with van der Waals surface area (Å²) in [6.07, 6.45) is 0. The van der Waals surface area contributed by atoms with Crippen LogP contribution in [0.5, 0.6) is 5.75 Å². The van der Waals surface area contributed by atoms with Gasteiger partial charge in [-0.1, -0.05) is 31.5 Å². The molecule has 0 aliphatic carbocycles. The van der Waals surface area contributed by atoms with Gasteiger partial charge in [0.05, 0.1) is 7.11 Å². The molecule has 0 saturated carbocycles. The maximum atomic E-state index is 10.8. The van der Waals surface area contributed by atoms with E-state index < -0.39 is 6.03 Å². The Morgan fingerprint density at radius 1 is 1.47 bits per heavy atom. The lowest BCUT2D eigenvalue weighted by molar-refractivity contribution is 0.246. The van der Waals surface area contributed by atoms with E-state index in [0.29, 0.717) is 6.54 Å². The van der Waals surface area contributed by atoms with E-state index in [1.165, 1.54) is 0 Å². The largest absolute Gasteiger partial charge is 0.496 e. The number of hydrogen-bond donors (Lipinski definition) is 2. The number of methoxy groups -OCH3 is 1. The molecule has 0 bridgehead atoms. The highest BCUT2D eigenvalue weighted by Gasteiger charge is 2.24. The van der Waals surface area contributed by atoms with E-state index in [1.807, 2.05) is 32.9 Å². The molecule has 0 saturated heterocycles. The van der Waals surface area contributed by atoms with Gasteiger partial charge in [-0.3, -0.25) is 0 Å². The van der Waals surface area contributed by atoms with Crippen LogP contribution in [0.4, 0.5) is 4.79 Å². The number of ether oxygens (including phenoxy) is 1. The van der Waals surface area contributed by atoms with Crippen LogP contribution in [0.25, 0.3) is 0 Å². The molecule has 0 radical (unpaired) electrons. The zero-order chi connectivity index (χ0) is 13.1. The molecular weight excluding hydrogens is 216 g/mol. The van der Waals surface area contributed by atoms with E-state index in [-0.39, 0.29) is 5.41 Å². The summed E-state index contributed by atoms with van der Waals surface area (Å²) >= 11 is 0. The smallest absolute Gasteiger partial charge is 0.312 e. The number of nitrogens with two attached hydrogens (primary N) is 1. The predicted molar refractivity (Wildman–Crippen MR) is 68.3 cm³/mol. The molecule has 0 unspecified atom stereocenters. The molecule has 2 amide bonds. The Bertz CT molecular complexity index is 414.